The highest BCUT2D eigenvalue weighted by Gasteiger charge is 2.32. The SMILES string of the molecule is Cc1ccccc1CN(C(=O)CN(c1ccccc1Br)S(C)(=O)=O)[C@H](C)C(=O)NC(C)(C)C. The monoisotopic (exact) mass is 537 g/mol. The van der Waals surface area contributed by atoms with Gasteiger partial charge in [-0.25, -0.2) is 8.42 Å². The van der Waals surface area contributed by atoms with Crippen LogP contribution in [0.5, 0.6) is 0 Å². The van der Waals surface area contributed by atoms with E-state index in [0.29, 0.717) is 10.2 Å². The lowest BCUT2D eigenvalue weighted by atomic mass is 10.1. The number of rotatable bonds is 8. The Kier molecular flexibility index (Phi) is 8.70. The minimum Gasteiger partial charge on any atom is -0.350 e. The summed E-state index contributed by atoms with van der Waals surface area (Å²) in [6.45, 7) is 8.93. The van der Waals surface area contributed by atoms with E-state index in [9.17, 15) is 18.0 Å². The first-order valence-electron chi connectivity index (χ1n) is 10.6. The summed E-state index contributed by atoms with van der Waals surface area (Å²) in [6, 6.07) is 13.6. The van der Waals surface area contributed by atoms with E-state index in [4.69, 9.17) is 0 Å². The Hall–Kier alpha value is -2.39. The predicted molar refractivity (Wildman–Crippen MR) is 135 cm³/mol. The third kappa shape index (κ3) is 7.57. The average Bonchev–Trinajstić information content (AvgIpc) is 2.69. The van der Waals surface area contributed by atoms with Gasteiger partial charge in [0.1, 0.15) is 12.6 Å². The molecule has 0 aromatic heterocycles. The molecule has 0 heterocycles. The molecule has 0 aliphatic rings. The molecule has 2 rings (SSSR count). The van der Waals surface area contributed by atoms with Crippen molar-refractivity contribution in [2.75, 3.05) is 17.1 Å². The van der Waals surface area contributed by atoms with Gasteiger partial charge in [0.05, 0.1) is 11.9 Å². The van der Waals surface area contributed by atoms with Crippen molar-refractivity contribution in [2.24, 2.45) is 0 Å². The normalized spacial score (nSPS) is 12.7. The fourth-order valence-electron chi connectivity index (χ4n) is 3.28. The van der Waals surface area contributed by atoms with Crippen molar-refractivity contribution in [1.82, 2.24) is 10.2 Å². The third-order valence-electron chi connectivity index (χ3n) is 5.07. The van der Waals surface area contributed by atoms with Crippen LogP contribution in [0.4, 0.5) is 5.69 Å². The topological polar surface area (TPSA) is 86.8 Å². The van der Waals surface area contributed by atoms with Crippen LogP contribution in [0.1, 0.15) is 38.8 Å². The van der Waals surface area contributed by atoms with Gasteiger partial charge in [-0.15, -0.1) is 0 Å². The Morgan fingerprint density at radius 1 is 1.06 bits per heavy atom. The van der Waals surface area contributed by atoms with Crippen LogP contribution in [0.3, 0.4) is 0 Å². The molecule has 0 bridgehead atoms. The van der Waals surface area contributed by atoms with Crippen LogP contribution in [-0.4, -0.2) is 49.5 Å². The molecule has 0 aliphatic carbocycles. The van der Waals surface area contributed by atoms with E-state index >= 15 is 0 Å². The van der Waals surface area contributed by atoms with E-state index in [0.717, 1.165) is 21.7 Å². The van der Waals surface area contributed by atoms with Gasteiger partial charge in [-0.3, -0.25) is 13.9 Å². The number of sulfonamides is 1. The van der Waals surface area contributed by atoms with Crippen LogP contribution in [0.25, 0.3) is 0 Å². The first-order valence-corrected chi connectivity index (χ1v) is 13.2. The molecular formula is C24H32BrN3O4S. The van der Waals surface area contributed by atoms with Crippen molar-refractivity contribution in [3.8, 4) is 0 Å². The molecule has 0 saturated heterocycles. The van der Waals surface area contributed by atoms with Crippen LogP contribution in [0.2, 0.25) is 0 Å². The number of para-hydroxylation sites is 1. The standard InChI is InChI=1S/C24H32BrN3O4S/c1-17-11-7-8-12-19(17)15-27(18(2)23(30)26-24(3,4)5)22(29)16-28(33(6,31)32)21-14-10-9-13-20(21)25/h7-14,18H,15-16H2,1-6H3,(H,26,30)/t18-/m1/s1. The van der Waals surface area contributed by atoms with Crippen molar-refractivity contribution < 1.29 is 18.0 Å². The quantitative estimate of drug-likeness (QED) is 0.553. The number of carbonyl (C=O) groups is 2. The Morgan fingerprint density at radius 3 is 2.18 bits per heavy atom. The van der Waals surface area contributed by atoms with Crippen LogP contribution in [0, 0.1) is 6.92 Å². The third-order valence-corrected chi connectivity index (χ3v) is 6.86. The molecule has 0 fully saturated rings. The number of hydrogen-bond acceptors (Lipinski definition) is 4. The van der Waals surface area contributed by atoms with E-state index in [2.05, 4.69) is 21.2 Å². The van der Waals surface area contributed by atoms with Crippen molar-refractivity contribution >= 4 is 43.5 Å². The van der Waals surface area contributed by atoms with Crippen molar-refractivity contribution in [2.45, 2.75) is 52.7 Å². The summed E-state index contributed by atoms with van der Waals surface area (Å²) in [7, 11) is -3.77. The number of nitrogens with zero attached hydrogens (tertiary/aromatic N) is 2. The molecule has 7 nitrogen and oxygen atoms in total. The zero-order valence-corrected chi connectivity index (χ0v) is 22.3. The maximum atomic E-state index is 13.5. The van der Waals surface area contributed by atoms with Gasteiger partial charge in [0.15, 0.2) is 0 Å². The second kappa shape index (κ2) is 10.7. The minimum absolute atomic E-state index is 0.178. The summed E-state index contributed by atoms with van der Waals surface area (Å²) in [5.74, 6) is -0.785. The van der Waals surface area contributed by atoms with Gasteiger partial charge in [0, 0.05) is 16.6 Å². The number of halogens is 1. The lowest BCUT2D eigenvalue weighted by molar-refractivity contribution is -0.140. The fraction of sp³-hybridized carbons (Fsp3) is 0.417. The summed E-state index contributed by atoms with van der Waals surface area (Å²) in [4.78, 5) is 27.9. The summed E-state index contributed by atoms with van der Waals surface area (Å²) in [5, 5.41) is 2.91. The fourth-order valence-corrected chi connectivity index (χ4v) is 4.75. The Balaban J connectivity index is 2.43. The zero-order valence-electron chi connectivity index (χ0n) is 19.9. The smallest absolute Gasteiger partial charge is 0.244 e. The van der Waals surface area contributed by atoms with Crippen LogP contribution >= 0.6 is 15.9 Å². The van der Waals surface area contributed by atoms with Crippen LogP contribution in [-0.2, 0) is 26.2 Å². The molecule has 0 radical (unpaired) electrons. The molecule has 0 saturated carbocycles. The van der Waals surface area contributed by atoms with Crippen molar-refractivity contribution in [3.63, 3.8) is 0 Å². The molecule has 2 aromatic rings. The number of carbonyl (C=O) groups excluding carboxylic acids is 2. The molecule has 2 amide bonds. The first kappa shape index (κ1) is 26.9. The zero-order chi connectivity index (χ0) is 25.0. The highest BCUT2D eigenvalue weighted by Crippen LogP contribution is 2.28. The van der Waals surface area contributed by atoms with Gasteiger partial charge in [0.2, 0.25) is 21.8 Å². The van der Waals surface area contributed by atoms with Crippen molar-refractivity contribution in [3.05, 3.63) is 64.1 Å². The number of aryl methyl sites for hydroxylation is 1. The van der Waals surface area contributed by atoms with Gasteiger partial charge < -0.3 is 10.2 Å². The number of hydrogen-bond donors (Lipinski definition) is 1. The Bertz CT molecular complexity index is 1110. The van der Waals surface area contributed by atoms with Crippen LogP contribution < -0.4 is 9.62 Å². The molecule has 0 spiro atoms. The second-order valence-electron chi connectivity index (χ2n) is 9.08. The van der Waals surface area contributed by atoms with E-state index in [1.165, 1.54) is 4.90 Å². The van der Waals surface area contributed by atoms with Crippen LogP contribution in [0.15, 0.2) is 53.0 Å². The molecule has 2 aromatic carbocycles. The van der Waals surface area contributed by atoms with E-state index in [-0.39, 0.29) is 12.5 Å². The van der Waals surface area contributed by atoms with Gasteiger partial charge in [-0.1, -0.05) is 36.4 Å². The molecule has 33 heavy (non-hydrogen) atoms. The highest BCUT2D eigenvalue weighted by molar-refractivity contribution is 9.10. The van der Waals surface area contributed by atoms with Crippen molar-refractivity contribution in [1.29, 1.82) is 0 Å². The summed E-state index contributed by atoms with van der Waals surface area (Å²) in [5.41, 5.74) is 1.74. The highest BCUT2D eigenvalue weighted by atomic mass is 79.9. The Morgan fingerprint density at radius 2 is 1.64 bits per heavy atom. The van der Waals surface area contributed by atoms with E-state index < -0.39 is 34.1 Å². The molecule has 9 heteroatoms. The summed E-state index contributed by atoms with van der Waals surface area (Å²) in [6.07, 6.45) is 1.06. The molecule has 180 valence electrons. The molecule has 0 unspecified atom stereocenters. The maximum absolute atomic E-state index is 13.5. The van der Waals surface area contributed by atoms with Gasteiger partial charge >= 0.3 is 0 Å². The average molecular weight is 539 g/mol. The number of anilines is 1. The lowest BCUT2D eigenvalue weighted by Crippen LogP contribution is -2.54. The Labute approximate surface area is 205 Å². The predicted octanol–water partition coefficient (Wildman–Crippen LogP) is 3.86. The lowest BCUT2D eigenvalue weighted by Gasteiger charge is -2.33. The molecule has 1 N–H and O–H groups in total. The van der Waals surface area contributed by atoms with Gasteiger partial charge in [-0.05, 0) is 73.8 Å². The maximum Gasteiger partial charge on any atom is 0.244 e. The molecule has 1 atom stereocenters. The van der Waals surface area contributed by atoms with E-state index in [1.54, 1.807) is 31.2 Å². The number of amides is 2. The minimum atomic E-state index is -3.77. The molecule has 0 aliphatic heterocycles. The second-order valence-corrected chi connectivity index (χ2v) is 11.8. The van der Waals surface area contributed by atoms with E-state index in [1.807, 2.05) is 52.0 Å². The molecular weight excluding hydrogens is 506 g/mol. The largest absolute Gasteiger partial charge is 0.350 e. The summed E-state index contributed by atoms with van der Waals surface area (Å²) < 4.78 is 26.8. The first-order chi connectivity index (χ1) is 15.2. The van der Waals surface area contributed by atoms with Gasteiger partial charge in [-0.2, -0.15) is 0 Å². The number of benzene rings is 2. The summed E-state index contributed by atoms with van der Waals surface area (Å²) >= 11 is 3.37. The number of nitrogens with one attached hydrogen (secondary N) is 1. The van der Waals surface area contributed by atoms with Gasteiger partial charge in [0.25, 0.3) is 0 Å².